The highest BCUT2D eigenvalue weighted by Gasteiger charge is 2.25. The molecule has 28 heavy (non-hydrogen) atoms. The Morgan fingerprint density at radius 2 is 1.82 bits per heavy atom. The van der Waals surface area contributed by atoms with E-state index in [-0.39, 0.29) is 11.7 Å². The van der Waals surface area contributed by atoms with Crippen LogP contribution in [0, 0.1) is 0 Å². The van der Waals surface area contributed by atoms with Gasteiger partial charge in [-0.15, -0.1) is 0 Å². The van der Waals surface area contributed by atoms with Crippen molar-refractivity contribution in [2.24, 2.45) is 0 Å². The Labute approximate surface area is 170 Å². The molecule has 8 heteroatoms. The quantitative estimate of drug-likeness (QED) is 0.616. The number of aliphatic carboxylic acids is 1. The molecule has 0 fully saturated rings. The van der Waals surface area contributed by atoms with Gasteiger partial charge in [-0.3, -0.25) is 4.79 Å². The molecule has 0 bridgehead atoms. The molecule has 0 saturated carbocycles. The van der Waals surface area contributed by atoms with E-state index in [4.69, 9.17) is 4.74 Å². The minimum absolute atomic E-state index is 0.0228. The average Bonchev–Trinajstić information content (AvgIpc) is 2.60. The number of amides is 2. The number of carboxylic acid groups (broad SMARTS) is 1. The number of rotatable bonds is 10. The average molecular weight is 411 g/mol. The maximum atomic E-state index is 12.7. The lowest BCUT2D eigenvalue weighted by molar-refractivity contribution is -0.142. The first-order valence-corrected chi connectivity index (χ1v) is 10.2. The highest BCUT2D eigenvalue weighted by atomic mass is 32.2. The summed E-state index contributed by atoms with van der Waals surface area (Å²) in [5, 5.41) is 11.9. The number of hydrogen-bond donors (Lipinski definition) is 2. The molecule has 0 aromatic heterocycles. The lowest BCUT2D eigenvalue weighted by Crippen LogP contribution is -2.51. The number of carbonyl (C=O) groups excluding carboxylic acids is 2. The molecule has 0 radical (unpaired) electrons. The smallest absolute Gasteiger partial charge is 0.328 e. The third-order valence-corrected chi connectivity index (χ3v) is 4.54. The van der Waals surface area contributed by atoms with Gasteiger partial charge in [-0.1, -0.05) is 42.1 Å². The van der Waals surface area contributed by atoms with Crippen molar-refractivity contribution in [1.82, 2.24) is 10.2 Å². The standard InChI is InChI=1S/C20H30N2O5S/c1-15(23)28-13-12-22(11-10-16-8-6-5-7-9-16)19(26)21-17(18(24)25)14-27-20(2,3)4/h5-9,17H,10-14H2,1-4H3,(H,21,26)(H,24,25)/t17-/m0/s1. The molecule has 0 aliphatic rings. The fourth-order valence-corrected chi connectivity index (χ4v) is 2.87. The van der Waals surface area contributed by atoms with Crippen LogP contribution in [0.2, 0.25) is 0 Å². The summed E-state index contributed by atoms with van der Waals surface area (Å²) in [5.74, 6) is -0.702. The summed E-state index contributed by atoms with van der Waals surface area (Å²) in [5.41, 5.74) is 0.564. The predicted octanol–water partition coefficient (Wildman–Crippen LogP) is 2.79. The van der Waals surface area contributed by atoms with Gasteiger partial charge in [0.25, 0.3) is 0 Å². The van der Waals surface area contributed by atoms with Gasteiger partial charge in [-0.05, 0) is 32.8 Å². The summed E-state index contributed by atoms with van der Waals surface area (Å²) in [4.78, 5) is 36.9. The Balaban J connectivity index is 2.73. The summed E-state index contributed by atoms with van der Waals surface area (Å²) in [6.07, 6.45) is 0.634. The van der Waals surface area contributed by atoms with Gasteiger partial charge in [0.05, 0.1) is 12.2 Å². The fraction of sp³-hybridized carbons (Fsp3) is 0.550. The van der Waals surface area contributed by atoms with Crippen molar-refractivity contribution in [1.29, 1.82) is 0 Å². The Morgan fingerprint density at radius 3 is 2.36 bits per heavy atom. The molecule has 0 saturated heterocycles. The summed E-state index contributed by atoms with van der Waals surface area (Å²) in [6.45, 7) is 7.56. The van der Waals surface area contributed by atoms with E-state index in [0.29, 0.717) is 25.3 Å². The van der Waals surface area contributed by atoms with Crippen LogP contribution in [-0.4, -0.2) is 64.2 Å². The highest BCUT2D eigenvalue weighted by Crippen LogP contribution is 2.09. The number of carbonyl (C=O) groups is 3. The third-order valence-electron chi connectivity index (χ3n) is 3.75. The van der Waals surface area contributed by atoms with Gasteiger partial charge in [0.15, 0.2) is 11.2 Å². The minimum Gasteiger partial charge on any atom is -0.480 e. The van der Waals surface area contributed by atoms with Crippen molar-refractivity contribution in [3.63, 3.8) is 0 Å². The second kappa shape index (κ2) is 11.7. The summed E-state index contributed by atoms with van der Waals surface area (Å²) >= 11 is 1.14. The van der Waals surface area contributed by atoms with E-state index in [1.54, 1.807) is 0 Å². The van der Waals surface area contributed by atoms with E-state index < -0.39 is 23.6 Å². The van der Waals surface area contributed by atoms with Crippen LogP contribution in [-0.2, 0) is 20.7 Å². The van der Waals surface area contributed by atoms with Crippen LogP contribution in [0.5, 0.6) is 0 Å². The number of nitrogens with zero attached hydrogens (tertiary/aromatic N) is 1. The number of hydrogen-bond acceptors (Lipinski definition) is 5. The van der Waals surface area contributed by atoms with Crippen molar-refractivity contribution in [3.05, 3.63) is 35.9 Å². The highest BCUT2D eigenvalue weighted by molar-refractivity contribution is 8.13. The number of ether oxygens (including phenoxy) is 1. The van der Waals surface area contributed by atoms with Crippen LogP contribution in [0.3, 0.4) is 0 Å². The van der Waals surface area contributed by atoms with Crippen molar-refractivity contribution in [2.45, 2.75) is 45.8 Å². The molecule has 1 rings (SSSR count). The molecule has 1 atom stereocenters. The lowest BCUT2D eigenvalue weighted by atomic mass is 10.1. The molecule has 0 spiro atoms. The molecule has 0 unspecified atom stereocenters. The van der Waals surface area contributed by atoms with Crippen molar-refractivity contribution in [3.8, 4) is 0 Å². The fourth-order valence-electron chi connectivity index (χ4n) is 2.27. The number of benzene rings is 1. The Morgan fingerprint density at radius 1 is 1.18 bits per heavy atom. The van der Waals surface area contributed by atoms with Gasteiger partial charge in [0.1, 0.15) is 0 Å². The van der Waals surface area contributed by atoms with Gasteiger partial charge >= 0.3 is 12.0 Å². The summed E-state index contributed by atoms with van der Waals surface area (Å²) < 4.78 is 5.51. The zero-order valence-electron chi connectivity index (χ0n) is 16.9. The molecule has 2 N–H and O–H groups in total. The molecule has 0 heterocycles. The van der Waals surface area contributed by atoms with Crippen LogP contribution in [0.4, 0.5) is 4.79 Å². The monoisotopic (exact) mass is 410 g/mol. The Bertz CT molecular complexity index is 646. The number of thioether (sulfide) groups is 1. The molecule has 0 aliphatic heterocycles. The van der Waals surface area contributed by atoms with E-state index >= 15 is 0 Å². The SMILES string of the molecule is CC(=O)SCCN(CCc1ccccc1)C(=O)N[C@@H](COC(C)(C)C)C(=O)O. The summed E-state index contributed by atoms with van der Waals surface area (Å²) in [6, 6.07) is 8.08. The third kappa shape index (κ3) is 10.3. The van der Waals surface area contributed by atoms with Crippen molar-refractivity contribution < 1.29 is 24.2 Å². The topological polar surface area (TPSA) is 95.9 Å². The molecule has 0 aliphatic carbocycles. The molecule has 1 aromatic carbocycles. The normalized spacial score (nSPS) is 12.3. The second-order valence-corrected chi connectivity index (χ2v) is 8.60. The van der Waals surface area contributed by atoms with Gasteiger partial charge in [-0.2, -0.15) is 0 Å². The lowest BCUT2D eigenvalue weighted by Gasteiger charge is -2.27. The van der Waals surface area contributed by atoms with E-state index in [1.165, 1.54) is 11.8 Å². The van der Waals surface area contributed by atoms with Gasteiger partial charge in [0.2, 0.25) is 0 Å². The van der Waals surface area contributed by atoms with Gasteiger partial charge in [-0.25, -0.2) is 9.59 Å². The van der Waals surface area contributed by atoms with Crippen molar-refractivity contribution in [2.75, 3.05) is 25.4 Å². The zero-order valence-corrected chi connectivity index (χ0v) is 17.8. The number of nitrogens with one attached hydrogen (secondary N) is 1. The van der Waals surface area contributed by atoms with Crippen LogP contribution >= 0.6 is 11.8 Å². The first kappa shape index (κ1) is 24.0. The maximum absolute atomic E-state index is 12.7. The van der Waals surface area contributed by atoms with Gasteiger partial charge < -0.3 is 20.1 Å². The first-order chi connectivity index (χ1) is 13.1. The summed E-state index contributed by atoms with van der Waals surface area (Å²) in [7, 11) is 0. The molecule has 156 valence electrons. The van der Waals surface area contributed by atoms with Crippen LogP contribution in [0.1, 0.15) is 33.3 Å². The zero-order chi connectivity index (χ0) is 21.2. The van der Waals surface area contributed by atoms with E-state index in [2.05, 4.69) is 5.32 Å². The maximum Gasteiger partial charge on any atom is 0.328 e. The van der Waals surface area contributed by atoms with Crippen LogP contribution in [0.25, 0.3) is 0 Å². The number of carboxylic acids is 1. The first-order valence-electron chi connectivity index (χ1n) is 9.18. The Hall–Kier alpha value is -2.06. The second-order valence-electron chi connectivity index (χ2n) is 7.33. The van der Waals surface area contributed by atoms with E-state index in [0.717, 1.165) is 17.3 Å². The molecule has 1 aromatic rings. The van der Waals surface area contributed by atoms with Crippen LogP contribution < -0.4 is 5.32 Å². The minimum atomic E-state index is -1.15. The number of urea groups is 1. The van der Waals surface area contributed by atoms with E-state index in [9.17, 15) is 19.5 Å². The van der Waals surface area contributed by atoms with Gasteiger partial charge in [0, 0.05) is 25.8 Å². The van der Waals surface area contributed by atoms with E-state index in [1.807, 2.05) is 51.1 Å². The molecular weight excluding hydrogens is 380 g/mol. The largest absolute Gasteiger partial charge is 0.480 e. The molecular formula is C20H30N2O5S. The predicted molar refractivity (Wildman–Crippen MR) is 111 cm³/mol. The molecule has 7 nitrogen and oxygen atoms in total. The van der Waals surface area contributed by atoms with Crippen molar-refractivity contribution >= 4 is 28.9 Å². The Kier molecular flexibility index (Phi) is 10.0. The van der Waals surface area contributed by atoms with Crippen LogP contribution in [0.15, 0.2) is 30.3 Å². The molecule has 2 amide bonds.